The predicted octanol–water partition coefficient (Wildman–Crippen LogP) is 0.206. The van der Waals surface area contributed by atoms with Crippen molar-refractivity contribution in [2.75, 3.05) is 11.5 Å². The number of hydrogen-bond donors (Lipinski definition) is 1. The molecule has 8 heteroatoms. The Morgan fingerprint density at radius 1 is 1.32 bits per heavy atom. The molecule has 0 aliphatic carbocycles. The summed E-state index contributed by atoms with van der Waals surface area (Å²) in [6.07, 6.45) is 0. The lowest BCUT2D eigenvalue weighted by Crippen LogP contribution is -2.36. The van der Waals surface area contributed by atoms with Crippen molar-refractivity contribution >= 4 is 29.2 Å². The number of nitrogens with zero attached hydrogens (tertiary/aromatic N) is 2. The summed E-state index contributed by atoms with van der Waals surface area (Å²) in [6.45, 7) is 1.77. The zero-order chi connectivity index (χ0) is 15.9. The molecule has 0 saturated carbocycles. The number of halogens is 1. The normalized spacial score (nSPS) is 23.2. The lowest BCUT2D eigenvalue weighted by atomic mass is 9.99. The van der Waals surface area contributed by atoms with Gasteiger partial charge in [-0.05, 0) is 31.2 Å². The fraction of sp³-hybridized carbons (Fsp3) is 0.286. The first-order chi connectivity index (χ1) is 10.5. The van der Waals surface area contributed by atoms with Crippen molar-refractivity contribution in [2.45, 2.75) is 13.0 Å². The Hall–Kier alpha value is -2.77. The molecule has 1 saturated heterocycles. The van der Waals surface area contributed by atoms with E-state index in [0.717, 1.165) is 17.0 Å². The standard InChI is InChI=1S/C14H12FN3O4/c1-2-22-14(21)11-9-10(16-17-11)13(20)18(12(9)19)8-5-3-7(15)4-6-8/h3-6,9-10,16H,2H2,1H3/t9-,10+/m1/s1. The van der Waals surface area contributed by atoms with E-state index < -0.39 is 35.6 Å². The van der Waals surface area contributed by atoms with Gasteiger partial charge in [0.1, 0.15) is 17.8 Å². The molecule has 1 fully saturated rings. The van der Waals surface area contributed by atoms with E-state index in [1.807, 2.05) is 0 Å². The van der Waals surface area contributed by atoms with Gasteiger partial charge >= 0.3 is 5.97 Å². The van der Waals surface area contributed by atoms with Crippen molar-refractivity contribution in [3.63, 3.8) is 0 Å². The second-order valence-corrected chi connectivity index (χ2v) is 4.79. The zero-order valence-electron chi connectivity index (χ0n) is 11.6. The highest BCUT2D eigenvalue weighted by Crippen LogP contribution is 2.30. The van der Waals surface area contributed by atoms with Crippen LogP contribution in [0.3, 0.4) is 0 Å². The highest BCUT2D eigenvalue weighted by Gasteiger charge is 2.55. The molecule has 22 heavy (non-hydrogen) atoms. The number of hydrazone groups is 1. The Labute approximate surface area is 124 Å². The summed E-state index contributed by atoms with van der Waals surface area (Å²) in [5.74, 6) is -3.35. The van der Waals surface area contributed by atoms with Crippen LogP contribution in [0.5, 0.6) is 0 Å². The number of imide groups is 1. The highest BCUT2D eigenvalue weighted by molar-refractivity contribution is 6.46. The van der Waals surface area contributed by atoms with Gasteiger partial charge in [-0.1, -0.05) is 0 Å². The summed E-state index contributed by atoms with van der Waals surface area (Å²) < 4.78 is 17.8. The van der Waals surface area contributed by atoms with Crippen LogP contribution in [0.2, 0.25) is 0 Å². The number of ether oxygens (including phenoxy) is 1. The van der Waals surface area contributed by atoms with Gasteiger partial charge < -0.3 is 4.74 Å². The van der Waals surface area contributed by atoms with Gasteiger partial charge in [-0.15, -0.1) is 0 Å². The number of fused-ring (bicyclic) bond motifs is 1. The second-order valence-electron chi connectivity index (χ2n) is 4.79. The molecule has 0 unspecified atom stereocenters. The molecule has 0 aromatic heterocycles. The van der Waals surface area contributed by atoms with Crippen LogP contribution in [0, 0.1) is 11.7 Å². The van der Waals surface area contributed by atoms with Gasteiger partial charge in [0, 0.05) is 0 Å². The maximum atomic E-state index is 13.0. The van der Waals surface area contributed by atoms with Crippen molar-refractivity contribution in [3.05, 3.63) is 30.1 Å². The lowest BCUT2D eigenvalue weighted by Gasteiger charge is -2.15. The fourth-order valence-corrected chi connectivity index (χ4v) is 2.51. The molecule has 7 nitrogen and oxygen atoms in total. The van der Waals surface area contributed by atoms with Crippen molar-refractivity contribution in [2.24, 2.45) is 11.0 Å². The van der Waals surface area contributed by atoms with Crippen molar-refractivity contribution in [1.29, 1.82) is 0 Å². The summed E-state index contributed by atoms with van der Waals surface area (Å²) in [5.41, 5.74) is 2.63. The summed E-state index contributed by atoms with van der Waals surface area (Å²) >= 11 is 0. The van der Waals surface area contributed by atoms with Crippen molar-refractivity contribution in [3.8, 4) is 0 Å². The van der Waals surface area contributed by atoms with Crippen LogP contribution in [0.1, 0.15) is 6.92 Å². The molecule has 1 N–H and O–H groups in total. The average molecular weight is 305 g/mol. The molecule has 2 heterocycles. The average Bonchev–Trinajstić information content (AvgIpc) is 3.03. The van der Waals surface area contributed by atoms with Crippen LogP contribution < -0.4 is 10.3 Å². The lowest BCUT2D eigenvalue weighted by molar-refractivity contribution is -0.136. The Kier molecular flexibility index (Phi) is 3.36. The van der Waals surface area contributed by atoms with Gasteiger partial charge in [0.05, 0.1) is 12.3 Å². The van der Waals surface area contributed by atoms with E-state index in [1.54, 1.807) is 6.92 Å². The monoisotopic (exact) mass is 305 g/mol. The smallest absolute Gasteiger partial charge is 0.355 e. The van der Waals surface area contributed by atoms with Gasteiger partial charge in [0.25, 0.3) is 5.91 Å². The van der Waals surface area contributed by atoms with E-state index in [1.165, 1.54) is 12.1 Å². The second kappa shape index (κ2) is 5.21. The molecule has 1 aromatic rings. The van der Waals surface area contributed by atoms with Crippen LogP contribution in [0.15, 0.2) is 29.4 Å². The van der Waals surface area contributed by atoms with Crippen LogP contribution in [0.4, 0.5) is 10.1 Å². The quantitative estimate of drug-likeness (QED) is 0.637. The third-order valence-electron chi connectivity index (χ3n) is 3.49. The number of carbonyl (C=O) groups excluding carboxylic acids is 3. The first-order valence-corrected chi connectivity index (χ1v) is 6.68. The zero-order valence-corrected chi connectivity index (χ0v) is 11.6. The van der Waals surface area contributed by atoms with E-state index >= 15 is 0 Å². The third kappa shape index (κ3) is 2.03. The molecule has 114 valence electrons. The minimum Gasteiger partial charge on any atom is -0.461 e. The van der Waals surface area contributed by atoms with E-state index in [0.29, 0.717) is 0 Å². The number of rotatable bonds is 3. The topological polar surface area (TPSA) is 88.1 Å². The minimum atomic E-state index is -1.02. The number of amides is 2. The maximum Gasteiger partial charge on any atom is 0.355 e. The number of hydrogen-bond acceptors (Lipinski definition) is 6. The Balaban J connectivity index is 1.91. The van der Waals surface area contributed by atoms with E-state index in [9.17, 15) is 18.8 Å². The predicted molar refractivity (Wildman–Crippen MR) is 73.4 cm³/mol. The molecule has 2 aliphatic rings. The van der Waals surface area contributed by atoms with E-state index in [-0.39, 0.29) is 18.0 Å². The van der Waals surface area contributed by atoms with Gasteiger partial charge in [-0.25, -0.2) is 14.1 Å². The number of benzene rings is 1. The summed E-state index contributed by atoms with van der Waals surface area (Å²) in [7, 11) is 0. The first kappa shape index (κ1) is 14.2. The molecular weight excluding hydrogens is 293 g/mol. The number of carbonyl (C=O) groups is 3. The molecule has 0 radical (unpaired) electrons. The molecule has 3 rings (SSSR count). The largest absolute Gasteiger partial charge is 0.461 e. The summed E-state index contributed by atoms with van der Waals surface area (Å²) in [5, 5.41) is 3.75. The van der Waals surface area contributed by atoms with E-state index in [4.69, 9.17) is 4.74 Å². The van der Waals surface area contributed by atoms with Crippen LogP contribution in [-0.4, -0.2) is 36.1 Å². The maximum absolute atomic E-state index is 13.0. The van der Waals surface area contributed by atoms with Gasteiger partial charge in [-0.2, -0.15) is 5.10 Å². The number of esters is 1. The summed E-state index contributed by atoms with van der Waals surface area (Å²) in [6, 6.07) is 4.02. The van der Waals surface area contributed by atoms with Crippen LogP contribution in [0.25, 0.3) is 0 Å². The Morgan fingerprint density at radius 3 is 2.64 bits per heavy atom. The van der Waals surface area contributed by atoms with E-state index in [2.05, 4.69) is 10.5 Å². The van der Waals surface area contributed by atoms with Crippen LogP contribution in [-0.2, 0) is 19.1 Å². The number of nitrogens with one attached hydrogen (secondary N) is 1. The molecule has 2 aliphatic heterocycles. The SMILES string of the molecule is CCOC(=O)C1=NN[C@@H]2C(=O)N(c3ccc(F)cc3)C(=O)[C@@H]12. The molecular formula is C14H12FN3O4. The van der Waals surface area contributed by atoms with Gasteiger partial charge in [-0.3, -0.25) is 15.0 Å². The minimum absolute atomic E-state index is 0.116. The fourth-order valence-electron chi connectivity index (χ4n) is 2.51. The van der Waals surface area contributed by atoms with Gasteiger partial charge in [0.15, 0.2) is 5.71 Å². The molecule has 2 atom stereocenters. The van der Waals surface area contributed by atoms with Crippen LogP contribution >= 0.6 is 0 Å². The molecule has 2 amide bonds. The first-order valence-electron chi connectivity index (χ1n) is 6.68. The highest BCUT2D eigenvalue weighted by atomic mass is 19.1. The third-order valence-corrected chi connectivity index (χ3v) is 3.49. The molecule has 1 aromatic carbocycles. The van der Waals surface area contributed by atoms with Crippen molar-refractivity contribution < 1.29 is 23.5 Å². The Morgan fingerprint density at radius 2 is 2.00 bits per heavy atom. The number of anilines is 1. The summed E-state index contributed by atoms with van der Waals surface area (Å²) in [4.78, 5) is 37.5. The Bertz CT molecular complexity index is 686. The van der Waals surface area contributed by atoms with Gasteiger partial charge in [0.2, 0.25) is 5.91 Å². The van der Waals surface area contributed by atoms with Crippen molar-refractivity contribution in [1.82, 2.24) is 5.43 Å². The molecule has 0 spiro atoms. The molecule has 0 bridgehead atoms.